The van der Waals surface area contributed by atoms with Crippen LogP contribution >= 0.6 is 23.1 Å². The van der Waals surface area contributed by atoms with Gasteiger partial charge in [0.1, 0.15) is 4.34 Å². The van der Waals surface area contributed by atoms with E-state index in [1.807, 2.05) is 18.2 Å². The number of thioether (sulfide) groups is 1. The molecule has 0 saturated heterocycles. The van der Waals surface area contributed by atoms with Crippen LogP contribution in [-0.4, -0.2) is 17.6 Å². The summed E-state index contributed by atoms with van der Waals surface area (Å²) < 4.78 is 37.5. The molecule has 0 bridgehead atoms. The van der Waals surface area contributed by atoms with Crippen molar-refractivity contribution in [2.45, 2.75) is 4.34 Å². The average molecular weight is 287 g/mol. The number of aromatic nitrogens is 1. The van der Waals surface area contributed by atoms with E-state index in [1.54, 1.807) is 6.07 Å². The summed E-state index contributed by atoms with van der Waals surface area (Å²) in [7, 11) is 0. The summed E-state index contributed by atoms with van der Waals surface area (Å²) in [6.45, 7) is -4.73. The van der Waals surface area contributed by atoms with Gasteiger partial charge in [0, 0.05) is 0 Å². The number of thiazole rings is 1. The Balaban J connectivity index is 0.00000128. The maximum absolute atomic E-state index is 12.0. The molecule has 2 rings (SSSR count). The molecule has 0 amide bonds. The topological polar surface area (TPSA) is 12.9 Å². The fourth-order valence-corrected chi connectivity index (χ4v) is 2.98. The zero-order valence-electron chi connectivity index (χ0n) is 8.49. The van der Waals surface area contributed by atoms with Crippen molar-refractivity contribution in [3.8, 4) is 0 Å². The Bertz CT molecular complexity index is 440. The number of nitrogens with zero attached hydrogens (tertiary/aromatic N) is 1. The van der Waals surface area contributed by atoms with Crippen LogP contribution in [0.5, 0.6) is 0 Å². The first-order valence-corrected chi connectivity index (χ1v) is 6.04. The Morgan fingerprint density at radius 1 is 1.25 bits per heavy atom. The molecule has 0 aliphatic heterocycles. The minimum atomic E-state index is -4.73. The Morgan fingerprint density at radius 3 is 2.56 bits per heavy atom. The Hall–Kier alpha value is 0.951. The molecular weight excluding hydrogens is 281 g/mol. The van der Waals surface area contributed by atoms with Crippen molar-refractivity contribution in [3.05, 3.63) is 24.3 Å². The number of para-hydroxylation sites is 1. The maximum atomic E-state index is 12.0. The van der Waals surface area contributed by atoms with Crippen molar-refractivity contribution in [2.24, 2.45) is 0 Å². The van der Waals surface area contributed by atoms with Gasteiger partial charge in [0.05, 0.1) is 10.2 Å². The van der Waals surface area contributed by atoms with Crippen LogP contribution in [0.4, 0.5) is 12.9 Å². The first-order chi connectivity index (χ1) is 7.04. The van der Waals surface area contributed by atoms with Crippen molar-refractivity contribution in [3.63, 3.8) is 0 Å². The van der Waals surface area contributed by atoms with Gasteiger partial charge < -0.3 is 12.9 Å². The standard InChI is InChI=1S/C8H6BF3NS2.K/c10-9(11,12)5-14-8-13-6-3-1-2-4-7(6)15-8;/h1-4H,5H2;/q-1;+1. The first kappa shape index (κ1) is 15.0. The third-order valence-electron chi connectivity index (χ3n) is 1.67. The second-order valence-electron chi connectivity index (χ2n) is 2.97. The molecule has 1 heterocycles. The van der Waals surface area contributed by atoms with Crippen molar-refractivity contribution in [1.29, 1.82) is 0 Å². The predicted molar refractivity (Wildman–Crippen MR) is 59.4 cm³/mol. The van der Waals surface area contributed by atoms with E-state index < -0.39 is 12.6 Å². The minimum Gasteiger partial charge on any atom is -0.448 e. The van der Waals surface area contributed by atoms with Crippen LogP contribution in [0.25, 0.3) is 10.2 Å². The molecule has 0 fully saturated rings. The van der Waals surface area contributed by atoms with Gasteiger partial charge in [-0.2, -0.15) is 0 Å². The smallest absolute Gasteiger partial charge is 0.448 e. The molecule has 0 unspecified atom stereocenters. The molecule has 0 N–H and O–H groups in total. The van der Waals surface area contributed by atoms with Gasteiger partial charge in [-0.15, -0.1) is 23.1 Å². The van der Waals surface area contributed by atoms with Crippen LogP contribution in [0, 0.1) is 0 Å². The van der Waals surface area contributed by atoms with Gasteiger partial charge in [-0.05, 0) is 17.8 Å². The predicted octanol–water partition coefficient (Wildman–Crippen LogP) is 0.779. The Kier molecular flexibility index (Phi) is 5.83. The van der Waals surface area contributed by atoms with Crippen LogP contribution in [-0.2, 0) is 0 Å². The van der Waals surface area contributed by atoms with Gasteiger partial charge in [-0.1, -0.05) is 12.1 Å². The van der Waals surface area contributed by atoms with Crippen LogP contribution in [0.2, 0.25) is 0 Å². The van der Waals surface area contributed by atoms with Gasteiger partial charge in [0.15, 0.2) is 0 Å². The number of hydrogen-bond donors (Lipinski definition) is 0. The summed E-state index contributed by atoms with van der Waals surface area (Å²) in [5.74, 6) is 0. The molecule has 8 heteroatoms. The van der Waals surface area contributed by atoms with E-state index in [9.17, 15) is 12.9 Å². The molecule has 0 spiro atoms. The van der Waals surface area contributed by atoms with E-state index in [-0.39, 0.29) is 51.4 Å². The fraction of sp³-hybridized carbons (Fsp3) is 0.125. The molecular formula is C8H6BF3KNS2. The minimum absolute atomic E-state index is 0. The first-order valence-electron chi connectivity index (χ1n) is 4.24. The van der Waals surface area contributed by atoms with Crippen molar-refractivity contribution < 1.29 is 64.3 Å². The summed E-state index contributed by atoms with van der Waals surface area (Å²) in [6.07, 6.45) is 0. The van der Waals surface area contributed by atoms with Gasteiger partial charge in [-0.3, -0.25) is 0 Å². The van der Waals surface area contributed by atoms with Gasteiger partial charge in [-0.25, -0.2) is 4.98 Å². The van der Waals surface area contributed by atoms with Gasteiger partial charge in [0.2, 0.25) is 0 Å². The monoisotopic (exact) mass is 287 g/mol. The maximum Gasteiger partial charge on any atom is 1.00 e. The van der Waals surface area contributed by atoms with Gasteiger partial charge in [0.25, 0.3) is 0 Å². The summed E-state index contributed by atoms with van der Waals surface area (Å²) in [6, 6.07) is 7.33. The molecule has 0 saturated carbocycles. The van der Waals surface area contributed by atoms with E-state index in [2.05, 4.69) is 4.98 Å². The quantitative estimate of drug-likeness (QED) is 0.611. The molecule has 0 radical (unpaired) electrons. The second kappa shape index (κ2) is 6.22. The zero-order valence-corrected chi connectivity index (χ0v) is 13.2. The van der Waals surface area contributed by atoms with Crippen LogP contribution in [0.1, 0.15) is 0 Å². The molecule has 16 heavy (non-hydrogen) atoms. The molecule has 0 aliphatic carbocycles. The largest absolute Gasteiger partial charge is 1.00 e. The number of fused-ring (bicyclic) bond motifs is 1. The van der Waals surface area contributed by atoms with Crippen molar-refractivity contribution >= 4 is 40.3 Å². The average Bonchev–Trinajstić information content (AvgIpc) is 2.56. The third-order valence-corrected chi connectivity index (χ3v) is 3.99. The van der Waals surface area contributed by atoms with E-state index in [4.69, 9.17) is 0 Å². The van der Waals surface area contributed by atoms with E-state index >= 15 is 0 Å². The third kappa shape index (κ3) is 4.32. The summed E-state index contributed by atoms with van der Waals surface area (Å²) in [4.78, 5) is 4.11. The van der Waals surface area contributed by atoms with Crippen LogP contribution in [0.15, 0.2) is 28.6 Å². The Labute approximate surface area is 142 Å². The van der Waals surface area contributed by atoms with Crippen LogP contribution in [0.3, 0.4) is 0 Å². The fourth-order valence-electron chi connectivity index (χ4n) is 1.08. The number of halogens is 3. The van der Waals surface area contributed by atoms with E-state index in [0.717, 1.165) is 22.0 Å². The van der Waals surface area contributed by atoms with Gasteiger partial charge >= 0.3 is 58.4 Å². The number of hydrogen-bond acceptors (Lipinski definition) is 3. The van der Waals surface area contributed by atoms with Crippen molar-refractivity contribution in [1.82, 2.24) is 4.98 Å². The normalized spacial score (nSPS) is 11.4. The molecule has 80 valence electrons. The zero-order chi connectivity index (χ0) is 10.9. The van der Waals surface area contributed by atoms with Crippen molar-refractivity contribution in [2.75, 3.05) is 5.65 Å². The summed E-state index contributed by atoms with van der Waals surface area (Å²) in [5, 5.41) is 0. The molecule has 2 aromatic rings. The molecule has 0 atom stereocenters. The SMILES string of the molecule is F[B-](F)(F)CSc1nc2ccccc2s1.[K+]. The molecule has 1 nitrogen and oxygen atoms in total. The van der Waals surface area contributed by atoms with E-state index in [1.165, 1.54) is 11.3 Å². The van der Waals surface area contributed by atoms with Crippen LogP contribution < -0.4 is 51.4 Å². The molecule has 1 aromatic carbocycles. The van der Waals surface area contributed by atoms with E-state index in [0.29, 0.717) is 4.34 Å². The summed E-state index contributed by atoms with van der Waals surface area (Å²) >= 11 is 2.06. The molecule has 0 aliphatic rings. The number of rotatable bonds is 3. The number of benzene rings is 1. The second-order valence-corrected chi connectivity index (χ2v) is 5.27. The summed E-state index contributed by atoms with van der Waals surface area (Å²) in [5.41, 5.74) is -0.0560. The molecule has 1 aromatic heterocycles. The Morgan fingerprint density at radius 2 is 1.94 bits per heavy atom.